The molecule has 66 valence electrons. The largest absolute Gasteiger partial charge is 0.256 e. The first-order valence-corrected chi connectivity index (χ1v) is 4.67. The zero-order chi connectivity index (χ0) is 9.38. The molecule has 14 heavy (non-hydrogen) atoms. The maximum Gasteiger partial charge on any atom is 0.0702 e. The number of hydrogen-bond acceptors (Lipinski definition) is 1. The molecule has 0 saturated carbocycles. The summed E-state index contributed by atoms with van der Waals surface area (Å²) in [6, 6.07) is 16.6. The van der Waals surface area contributed by atoms with E-state index < -0.39 is 0 Å². The second kappa shape index (κ2) is 2.81. The average Bonchev–Trinajstić information content (AvgIpc) is 2.58. The van der Waals surface area contributed by atoms with Gasteiger partial charge < -0.3 is 0 Å². The molecule has 2 aliphatic rings. The second-order valence-corrected chi connectivity index (χ2v) is 3.40. The Labute approximate surface area is 82.4 Å². The van der Waals surface area contributed by atoms with Gasteiger partial charge in [0.15, 0.2) is 0 Å². The topological polar surface area (TPSA) is 12.9 Å². The molecule has 0 bridgehead atoms. The van der Waals surface area contributed by atoms with Crippen LogP contribution in [-0.4, -0.2) is 4.98 Å². The molecule has 1 aromatic rings. The first-order chi connectivity index (χ1) is 6.93. The summed E-state index contributed by atoms with van der Waals surface area (Å²) in [5, 5.41) is 2.42. The Kier molecular flexibility index (Phi) is 1.51. The van der Waals surface area contributed by atoms with Gasteiger partial charge in [0.2, 0.25) is 0 Å². The van der Waals surface area contributed by atoms with Gasteiger partial charge >= 0.3 is 0 Å². The number of aromatic nitrogens is 1. The molecule has 1 heteroatoms. The van der Waals surface area contributed by atoms with Crippen molar-refractivity contribution in [3.05, 3.63) is 54.7 Å². The first-order valence-electron chi connectivity index (χ1n) is 4.67. The number of nitrogens with zero attached hydrogens (tertiary/aromatic N) is 1. The van der Waals surface area contributed by atoms with Crippen molar-refractivity contribution < 1.29 is 0 Å². The summed E-state index contributed by atoms with van der Waals surface area (Å²) in [6.07, 6.45) is 1.93. The van der Waals surface area contributed by atoms with Gasteiger partial charge in [-0.25, -0.2) is 0 Å². The second-order valence-electron chi connectivity index (χ2n) is 3.40. The zero-order valence-electron chi connectivity index (χ0n) is 7.64. The highest BCUT2D eigenvalue weighted by Crippen LogP contribution is 2.23. The minimum Gasteiger partial charge on any atom is -0.256 e. The Morgan fingerprint density at radius 3 is 2.57 bits per heavy atom. The molecule has 0 radical (unpaired) electrons. The lowest BCUT2D eigenvalue weighted by Crippen LogP contribution is -1.68. The lowest BCUT2D eigenvalue weighted by atomic mass is 10.1. The molecule has 1 aromatic carbocycles. The van der Waals surface area contributed by atoms with Crippen LogP contribution in [-0.2, 0) is 0 Å². The fourth-order valence-electron chi connectivity index (χ4n) is 1.73. The Bertz CT molecular complexity index is 557. The highest BCUT2D eigenvalue weighted by molar-refractivity contribution is 5.85. The number of benzene rings is 1. The normalized spacial score (nSPS) is 10.9. The summed E-state index contributed by atoms with van der Waals surface area (Å²) in [4.78, 5) is 4.43. The van der Waals surface area contributed by atoms with Crippen molar-refractivity contribution in [3.8, 4) is 11.3 Å². The minimum absolute atomic E-state index is 1.06. The number of rotatable bonds is 0. The van der Waals surface area contributed by atoms with Gasteiger partial charge in [-0.05, 0) is 22.9 Å². The van der Waals surface area contributed by atoms with Crippen LogP contribution in [0.25, 0.3) is 22.0 Å². The van der Waals surface area contributed by atoms with E-state index in [-0.39, 0.29) is 0 Å². The van der Waals surface area contributed by atoms with Gasteiger partial charge in [0.25, 0.3) is 0 Å². The van der Waals surface area contributed by atoms with Crippen molar-refractivity contribution in [2.75, 3.05) is 0 Å². The van der Waals surface area contributed by atoms with Gasteiger partial charge in [-0.2, -0.15) is 0 Å². The van der Waals surface area contributed by atoms with Crippen LogP contribution < -0.4 is 0 Å². The molecule has 3 rings (SSSR count). The SMILES string of the molecule is c1cc2cc3ccccc3cnc-2c1. The summed E-state index contributed by atoms with van der Waals surface area (Å²) < 4.78 is 0. The predicted octanol–water partition coefficient (Wildman–Crippen LogP) is 3.34. The van der Waals surface area contributed by atoms with Crippen LogP contribution in [0, 0.1) is 0 Å². The van der Waals surface area contributed by atoms with E-state index in [0.717, 1.165) is 5.69 Å². The Hall–Kier alpha value is -1.89. The van der Waals surface area contributed by atoms with Crippen molar-refractivity contribution in [2.45, 2.75) is 0 Å². The van der Waals surface area contributed by atoms with E-state index in [0.29, 0.717) is 0 Å². The van der Waals surface area contributed by atoms with E-state index in [9.17, 15) is 0 Å². The van der Waals surface area contributed by atoms with Crippen LogP contribution in [0.2, 0.25) is 0 Å². The zero-order valence-corrected chi connectivity index (χ0v) is 7.64. The highest BCUT2D eigenvalue weighted by atomic mass is 14.7. The van der Waals surface area contributed by atoms with Crippen LogP contribution in [0.1, 0.15) is 0 Å². The third-order valence-electron chi connectivity index (χ3n) is 2.48. The Morgan fingerprint density at radius 1 is 0.786 bits per heavy atom. The summed E-state index contributed by atoms with van der Waals surface area (Å²) >= 11 is 0. The van der Waals surface area contributed by atoms with Crippen LogP contribution in [0.4, 0.5) is 0 Å². The van der Waals surface area contributed by atoms with Crippen LogP contribution in [0.15, 0.2) is 54.7 Å². The van der Waals surface area contributed by atoms with Gasteiger partial charge in [0.05, 0.1) is 5.69 Å². The Balaban J connectivity index is 2.48. The van der Waals surface area contributed by atoms with E-state index >= 15 is 0 Å². The maximum atomic E-state index is 4.43. The van der Waals surface area contributed by atoms with Gasteiger partial charge in [-0.15, -0.1) is 0 Å². The fraction of sp³-hybridized carbons (Fsp3) is 0. The molecule has 0 amide bonds. The molecule has 1 aliphatic carbocycles. The monoisotopic (exact) mass is 179 g/mol. The molecule has 0 aromatic heterocycles. The number of hydrogen-bond donors (Lipinski definition) is 0. The summed E-state index contributed by atoms with van der Waals surface area (Å²) in [5.41, 5.74) is 2.26. The van der Waals surface area contributed by atoms with Gasteiger partial charge in [0.1, 0.15) is 0 Å². The van der Waals surface area contributed by atoms with Crippen LogP contribution in [0.5, 0.6) is 0 Å². The van der Waals surface area contributed by atoms with Gasteiger partial charge in [0, 0.05) is 11.8 Å². The highest BCUT2D eigenvalue weighted by Gasteiger charge is 2.01. The van der Waals surface area contributed by atoms with Crippen molar-refractivity contribution >= 4 is 10.8 Å². The lowest BCUT2D eigenvalue weighted by molar-refractivity contribution is 1.39. The smallest absolute Gasteiger partial charge is 0.0702 e. The van der Waals surface area contributed by atoms with Gasteiger partial charge in [-0.3, -0.25) is 4.98 Å². The van der Waals surface area contributed by atoms with Crippen LogP contribution in [0.3, 0.4) is 0 Å². The quantitative estimate of drug-likeness (QED) is 0.515. The van der Waals surface area contributed by atoms with Gasteiger partial charge in [-0.1, -0.05) is 36.4 Å². The molecular formula is C13H9N. The molecule has 0 unspecified atom stereocenters. The molecule has 1 nitrogen and oxygen atoms in total. The first kappa shape index (κ1) is 7.51. The molecular weight excluding hydrogens is 170 g/mol. The van der Waals surface area contributed by atoms with Crippen LogP contribution >= 0.6 is 0 Å². The van der Waals surface area contributed by atoms with E-state index in [1.54, 1.807) is 0 Å². The van der Waals surface area contributed by atoms with E-state index in [4.69, 9.17) is 0 Å². The molecule has 0 fully saturated rings. The molecule has 1 aliphatic heterocycles. The standard InChI is InChI=1S/C13H9N/c1-2-5-12-9-14-13-7-3-6-11(13)8-10(12)4-1/h1-9H. The molecule has 0 saturated heterocycles. The maximum absolute atomic E-state index is 4.43. The average molecular weight is 179 g/mol. The summed E-state index contributed by atoms with van der Waals surface area (Å²) in [6.45, 7) is 0. The van der Waals surface area contributed by atoms with E-state index in [1.165, 1.54) is 16.3 Å². The van der Waals surface area contributed by atoms with Crippen molar-refractivity contribution in [3.63, 3.8) is 0 Å². The van der Waals surface area contributed by atoms with Crippen molar-refractivity contribution in [1.29, 1.82) is 0 Å². The van der Waals surface area contributed by atoms with Crippen molar-refractivity contribution in [1.82, 2.24) is 4.98 Å². The fourth-order valence-corrected chi connectivity index (χ4v) is 1.73. The Morgan fingerprint density at radius 2 is 1.64 bits per heavy atom. The lowest BCUT2D eigenvalue weighted by Gasteiger charge is -1.89. The third-order valence-corrected chi connectivity index (χ3v) is 2.48. The van der Waals surface area contributed by atoms with Crippen molar-refractivity contribution in [2.24, 2.45) is 0 Å². The number of fused-ring (bicyclic) bond motifs is 2. The summed E-state index contributed by atoms with van der Waals surface area (Å²) in [5.74, 6) is 0. The molecule has 1 heterocycles. The molecule has 0 N–H and O–H groups in total. The third kappa shape index (κ3) is 1.06. The molecule has 0 atom stereocenters. The van der Waals surface area contributed by atoms with E-state index in [2.05, 4.69) is 35.3 Å². The predicted molar refractivity (Wildman–Crippen MR) is 58.4 cm³/mol. The molecule has 0 spiro atoms. The van der Waals surface area contributed by atoms with E-state index in [1.807, 2.05) is 24.4 Å². The summed E-state index contributed by atoms with van der Waals surface area (Å²) in [7, 11) is 0. The minimum atomic E-state index is 1.06.